The minimum atomic E-state index is -0.869. The highest BCUT2D eigenvalue weighted by Crippen LogP contribution is 2.17. The Morgan fingerprint density at radius 3 is 3.11 bits per heavy atom. The van der Waals surface area contributed by atoms with Crippen molar-refractivity contribution < 1.29 is 14.7 Å². The fourth-order valence-corrected chi connectivity index (χ4v) is 2.27. The normalized spacial score (nSPS) is 19.4. The lowest BCUT2D eigenvalue weighted by Gasteiger charge is -2.32. The van der Waals surface area contributed by atoms with Crippen LogP contribution in [0.2, 0.25) is 0 Å². The van der Waals surface area contributed by atoms with Gasteiger partial charge < -0.3 is 15.3 Å². The maximum atomic E-state index is 12.1. The zero-order valence-corrected chi connectivity index (χ0v) is 10.5. The lowest BCUT2D eigenvalue weighted by molar-refractivity contribution is -0.136. The molecule has 2 rings (SSSR count). The molecule has 1 fully saturated rings. The monoisotopic (exact) mass is 267 g/mol. The number of hydrogen-bond acceptors (Lipinski definition) is 5. The molecule has 104 valence electrons. The largest absolute Gasteiger partial charge is 0.480 e. The molecule has 0 spiro atoms. The van der Waals surface area contributed by atoms with E-state index in [2.05, 4.69) is 20.7 Å². The number of H-pyrrole nitrogens is 1. The number of hydrogen-bond donors (Lipinski definition) is 3. The van der Waals surface area contributed by atoms with Crippen molar-refractivity contribution in [1.82, 2.24) is 25.6 Å². The van der Waals surface area contributed by atoms with Crippen molar-refractivity contribution >= 4 is 11.9 Å². The van der Waals surface area contributed by atoms with Crippen molar-refractivity contribution in [1.29, 1.82) is 0 Å². The van der Waals surface area contributed by atoms with Gasteiger partial charge >= 0.3 is 5.97 Å². The molecule has 0 aromatic carbocycles. The first-order valence-electron chi connectivity index (χ1n) is 6.24. The Morgan fingerprint density at radius 2 is 2.42 bits per heavy atom. The summed E-state index contributed by atoms with van der Waals surface area (Å²) in [6.45, 7) is 1.89. The molecule has 0 saturated carbocycles. The molecule has 19 heavy (non-hydrogen) atoms. The number of carboxylic acid groups (broad SMARTS) is 1. The van der Waals surface area contributed by atoms with E-state index in [1.807, 2.05) is 0 Å². The number of carboxylic acids is 1. The summed E-state index contributed by atoms with van der Waals surface area (Å²) in [6.07, 6.45) is 3.33. The lowest BCUT2D eigenvalue weighted by atomic mass is 9.98. The van der Waals surface area contributed by atoms with Crippen LogP contribution in [-0.2, 0) is 4.79 Å². The first kappa shape index (κ1) is 13.5. The minimum Gasteiger partial charge on any atom is -0.480 e. The lowest BCUT2D eigenvalue weighted by Crippen LogP contribution is -2.43. The zero-order valence-electron chi connectivity index (χ0n) is 10.5. The number of amides is 1. The van der Waals surface area contributed by atoms with Gasteiger partial charge in [-0.15, -0.1) is 0 Å². The van der Waals surface area contributed by atoms with Gasteiger partial charge in [-0.3, -0.25) is 9.59 Å². The van der Waals surface area contributed by atoms with Crippen LogP contribution in [0.3, 0.4) is 0 Å². The molecule has 0 bridgehead atoms. The van der Waals surface area contributed by atoms with E-state index < -0.39 is 5.97 Å². The number of aromatic nitrogens is 3. The van der Waals surface area contributed by atoms with Gasteiger partial charge in [0.2, 0.25) is 0 Å². The van der Waals surface area contributed by atoms with Crippen LogP contribution in [0, 0.1) is 5.92 Å². The molecular weight excluding hydrogens is 250 g/mol. The second kappa shape index (κ2) is 6.28. The van der Waals surface area contributed by atoms with Crippen LogP contribution in [0.4, 0.5) is 0 Å². The average Bonchev–Trinajstić information content (AvgIpc) is 2.91. The number of likely N-dealkylation sites (tertiary alicyclic amines) is 1. The van der Waals surface area contributed by atoms with Gasteiger partial charge in [-0.05, 0) is 18.8 Å². The van der Waals surface area contributed by atoms with Crippen LogP contribution in [0.25, 0.3) is 0 Å². The van der Waals surface area contributed by atoms with Gasteiger partial charge in [-0.2, -0.15) is 15.4 Å². The quantitative estimate of drug-likeness (QED) is 0.652. The predicted octanol–water partition coefficient (Wildman–Crippen LogP) is -0.669. The zero-order chi connectivity index (χ0) is 13.7. The number of carbonyl (C=O) groups excluding carboxylic acids is 1. The smallest absolute Gasteiger partial charge is 0.317 e. The van der Waals surface area contributed by atoms with E-state index in [0.29, 0.717) is 25.3 Å². The summed E-state index contributed by atoms with van der Waals surface area (Å²) < 4.78 is 0. The van der Waals surface area contributed by atoms with Crippen LogP contribution in [0.15, 0.2) is 6.20 Å². The van der Waals surface area contributed by atoms with Crippen molar-refractivity contribution in [3.05, 3.63) is 11.9 Å². The summed E-state index contributed by atoms with van der Waals surface area (Å²) >= 11 is 0. The molecule has 1 saturated heterocycles. The van der Waals surface area contributed by atoms with E-state index in [0.717, 1.165) is 12.8 Å². The Morgan fingerprint density at radius 1 is 1.58 bits per heavy atom. The second-order valence-electron chi connectivity index (χ2n) is 4.64. The third-order valence-electron chi connectivity index (χ3n) is 3.15. The first-order chi connectivity index (χ1) is 9.16. The summed E-state index contributed by atoms with van der Waals surface area (Å²) in [5, 5.41) is 21.3. The fourth-order valence-electron chi connectivity index (χ4n) is 2.27. The number of rotatable bonds is 5. The number of nitrogens with one attached hydrogen (secondary N) is 2. The fraction of sp³-hybridized carbons (Fsp3) is 0.636. The Balaban J connectivity index is 1.83. The van der Waals surface area contributed by atoms with E-state index in [1.165, 1.54) is 6.20 Å². The second-order valence-corrected chi connectivity index (χ2v) is 4.64. The molecule has 2 heterocycles. The maximum absolute atomic E-state index is 12.1. The molecule has 1 unspecified atom stereocenters. The van der Waals surface area contributed by atoms with Gasteiger partial charge in [0.05, 0.1) is 12.7 Å². The molecule has 1 amide bonds. The Hall–Kier alpha value is -1.96. The van der Waals surface area contributed by atoms with Gasteiger partial charge in [0.15, 0.2) is 5.69 Å². The molecular formula is C11H17N5O3. The summed E-state index contributed by atoms with van der Waals surface area (Å²) in [4.78, 5) is 24.2. The molecule has 8 nitrogen and oxygen atoms in total. The summed E-state index contributed by atoms with van der Waals surface area (Å²) in [5.41, 5.74) is 0.319. The van der Waals surface area contributed by atoms with E-state index in [9.17, 15) is 9.59 Å². The third-order valence-corrected chi connectivity index (χ3v) is 3.15. The van der Waals surface area contributed by atoms with Crippen LogP contribution in [-0.4, -0.2) is 63.5 Å². The standard InChI is InChI=1S/C11H17N5O3/c17-10(18)6-12-4-8-2-1-3-16(7-8)11(19)9-5-13-15-14-9/h5,8,12H,1-4,6-7H2,(H,17,18)(H,13,14,15). The summed E-state index contributed by atoms with van der Waals surface area (Å²) in [5.74, 6) is -0.716. The molecule has 8 heteroatoms. The van der Waals surface area contributed by atoms with Gasteiger partial charge in [0.1, 0.15) is 0 Å². The van der Waals surface area contributed by atoms with Gasteiger partial charge in [0.25, 0.3) is 5.91 Å². The van der Waals surface area contributed by atoms with Gasteiger partial charge in [0, 0.05) is 19.6 Å². The van der Waals surface area contributed by atoms with E-state index in [4.69, 9.17) is 5.11 Å². The number of nitrogens with zero attached hydrogens (tertiary/aromatic N) is 3. The van der Waals surface area contributed by atoms with Gasteiger partial charge in [-0.1, -0.05) is 0 Å². The topological polar surface area (TPSA) is 111 Å². The predicted molar refractivity (Wildman–Crippen MR) is 65.5 cm³/mol. The molecule has 1 atom stereocenters. The highest BCUT2D eigenvalue weighted by Gasteiger charge is 2.25. The summed E-state index contributed by atoms with van der Waals surface area (Å²) in [7, 11) is 0. The van der Waals surface area contributed by atoms with Crippen LogP contribution >= 0.6 is 0 Å². The van der Waals surface area contributed by atoms with Crippen LogP contribution in [0.5, 0.6) is 0 Å². The van der Waals surface area contributed by atoms with Crippen LogP contribution < -0.4 is 5.32 Å². The molecule has 0 radical (unpaired) electrons. The Labute approximate surface area is 110 Å². The van der Waals surface area contributed by atoms with E-state index in [-0.39, 0.29) is 18.4 Å². The third kappa shape index (κ3) is 3.75. The van der Waals surface area contributed by atoms with Crippen molar-refractivity contribution in [2.45, 2.75) is 12.8 Å². The Bertz CT molecular complexity index is 434. The molecule has 1 aliphatic heterocycles. The minimum absolute atomic E-state index is 0.0479. The summed E-state index contributed by atoms with van der Waals surface area (Å²) in [6, 6.07) is 0. The van der Waals surface area contributed by atoms with E-state index in [1.54, 1.807) is 4.90 Å². The SMILES string of the molecule is O=C(O)CNCC1CCCN(C(=O)c2cn[nH]n2)C1. The molecule has 1 aromatic rings. The highest BCUT2D eigenvalue weighted by atomic mass is 16.4. The highest BCUT2D eigenvalue weighted by molar-refractivity contribution is 5.91. The number of aromatic amines is 1. The first-order valence-corrected chi connectivity index (χ1v) is 6.24. The number of piperidine rings is 1. The van der Waals surface area contributed by atoms with Gasteiger partial charge in [-0.25, -0.2) is 0 Å². The molecule has 3 N–H and O–H groups in total. The maximum Gasteiger partial charge on any atom is 0.317 e. The van der Waals surface area contributed by atoms with Crippen molar-refractivity contribution in [3.63, 3.8) is 0 Å². The van der Waals surface area contributed by atoms with E-state index >= 15 is 0 Å². The molecule has 1 aromatic heterocycles. The van der Waals surface area contributed by atoms with Crippen LogP contribution in [0.1, 0.15) is 23.3 Å². The van der Waals surface area contributed by atoms with Crippen molar-refractivity contribution in [3.8, 4) is 0 Å². The number of carbonyl (C=O) groups is 2. The molecule has 0 aliphatic carbocycles. The molecule has 1 aliphatic rings. The Kier molecular flexibility index (Phi) is 4.45. The number of aliphatic carboxylic acids is 1. The van der Waals surface area contributed by atoms with Crippen molar-refractivity contribution in [2.75, 3.05) is 26.2 Å². The van der Waals surface area contributed by atoms with Crippen molar-refractivity contribution in [2.24, 2.45) is 5.92 Å². The average molecular weight is 267 g/mol.